The van der Waals surface area contributed by atoms with Crippen molar-refractivity contribution >= 4 is 49.7 Å². The van der Waals surface area contributed by atoms with E-state index >= 15 is 0 Å². The molecule has 0 fully saturated rings. The summed E-state index contributed by atoms with van der Waals surface area (Å²) in [7, 11) is 0. The van der Waals surface area contributed by atoms with E-state index in [0.717, 1.165) is 26.7 Å². The number of aryl methyl sites for hydroxylation is 2. The molecule has 0 saturated carbocycles. The Bertz CT molecular complexity index is 1280. The molecular weight excluding hydrogens is 374 g/mol. The Morgan fingerprint density at radius 2 is 1.96 bits per heavy atom. The number of benzene rings is 2. The Balaban J connectivity index is 1.54. The Morgan fingerprint density at radius 1 is 1.14 bits per heavy atom. The second-order valence-corrected chi connectivity index (χ2v) is 7.86. The lowest BCUT2D eigenvalue weighted by Gasteiger charge is -2.05. The van der Waals surface area contributed by atoms with Gasteiger partial charge >= 0.3 is 0 Å². The summed E-state index contributed by atoms with van der Waals surface area (Å²) in [6, 6.07) is 11.5. The molecule has 3 heterocycles. The number of nitrogens with two attached hydrogens (primary N) is 1. The van der Waals surface area contributed by atoms with Gasteiger partial charge in [-0.3, -0.25) is 4.79 Å². The molecule has 2 aromatic carbocycles. The number of hydrogen-bond acceptors (Lipinski definition) is 6. The van der Waals surface area contributed by atoms with Crippen molar-refractivity contribution in [3.8, 4) is 11.5 Å². The van der Waals surface area contributed by atoms with Crippen molar-refractivity contribution in [3.05, 3.63) is 52.4 Å². The zero-order valence-electron chi connectivity index (χ0n) is 15.3. The fourth-order valence-electron chi connectivity index (χ4n) is 3.51. The molecule has 1 aliphatic heterocycles. The van der Waals surface area contributed by atoms with Crippen LogP contribution in [0, 0.1) is 13.8 Å². The van der Waals surface area contributed by atoms with E-state index < -0.39 is 0 Å². The number of anilines is 2. The highest BCUT2D eigenvalue weighted by molar-refractivity contribution is 7.21. The normalized spacial score (nSPS) is 12.6. The van der Waals surface area contributed by atoms with Crippen LogP contribution in [0.25, 0.3) is 21.1 Å². The van der Waals surface area contributed by atoms with Gasteiger partial charge in [-0.1, -0.05) is 11.6 Å². The molecule has 1 aliphatic rings. The molecule has 0 bridgehead atoms. The molecule has 3 N–H and O–H groups in total. The summed E-state index contributed by atoms with van der Waals surface area (Å²) in [6.45, 7) is 4.28. The predicted molar refractivity (Wildman–Crippen MR) is 112 cm³/mol. The van der Waals surface area contributed by atoms with Crippen LogP contribution in [-0.4, -0.2) is 17.7 Å². The molecule has 1 amide bonds. The summed E-state index contributed by atoms with van der Waals surface area (Å²) in [5, 5.41) is 4.71. The first-order chi connectivity index (χ1) is 13.5. The molecule has 140 valence electrons. The molecule has 0 aliphatic carbocycles. The number of nitrogen functional groups attached to an aromatic ring is 1. The quantitative estimate of drug-likeness (QED) is 0.520. The Labute approximate surface area is 164 Å². The average Bonchev–Trinajstić information content (AvgIpc) is 3.24. The van der Waals surface area contributed by atoms with Gasteiger partial charge in [0.2, 0.25) is 6.79 Å². The van der Waals surface area contributed by atoms with Crippen molar-refractivity contribution in [2.24, 2.45) is 0 Å². The molecule has 0 atom stereocenters. The van der Waals surface area contributed by atoms with E-state index in [4.69, 9.17) is 20.2 Å². The van der Waals surface area contributed by atoms with Crippen LogP contribution in [0.1, 0.15) is 20.8 Å². The largest absolute Gasteiger partial charge is 0.454 e. The van der Waals surface area contributed by atoms with Gasteiger partial charge in [-0.05, 0) is 43.7 Å². The molecule has 0 spiro atoms. The number of thiophene rings is 1. The monoisotopic (exact) mass is 391 g/mol. The van der Waals surface area contributed by atoms with Crippen LogP contribution >= 0.6 is 11.3 Å². The number of amides is 1. The first-order valence-corrected chi connectivity index (χ1v) is 9.62. The topological polar surface area (TPSA) is 86.5 Å². The highest BCUT2D eigenvalue weighted by atomic mass is 32.1. The Kier molecular flexibility index (Phi) is 3.67. The van der Waals surface area contributed by atoms with E-state index in [-0.39, 0.29) is 12.7 Å². The molecule has 4 aromatic rings. The second-order valence-electron chi connectivity index (χ2n) is 6.86. The number of pyridine rings is 1. The SMILES string of the molecule is Cc1cc(C)c2nc3sc(C(=O)Nc4ccc5c(c4)OCO5)c(N)c3cc2c1. The van der Waals surface area contributed by atoms with Crippen LogP contribution < -0.4 is 20.5 Å². The van der Waals surface area contributed by atoms with Crippen molar-refractivity contribution in [2.75, 3.05) is 17.8 Å². The van der Waals surface area contributed by atoms with Gasteiger partial charge in [0.25, 0.3) is 5.91 Å². The highest BCUT2D eigenvalue weighted by Crippen LogP contribution is 2.37. The van der Waals surface area contributed by atoms with E-state index in [1.165, 1.54) is 16.9 Å². The first-order valence-electron chi connectivity index (χ1n) is 8.80. The van der Waals surface area contributed by atoms with Crippen LogP contribution in [0.5, 0.6) is 11.5 Å². The van der Waals surface area contributed by atoms with E-state index in [1.807, 2.05) is 13.0 Å². The summed E-state index contributed by atoms with van der Waals surface area (Å²) in [6.07, 6.45) is 0. The van der Waals surface area contributed by atoms with Crippen LogP contribution in [-0.2, 0) is 0 Å². The molecule has 0 saturated heterocycles. The fourth-order valence-corrected chi connectivity index (χ4v) is 4.48. The van der Waals surface area contributed by atoms with Crippen molar-refractivity contribution in [1.29, 1.82) is 0 Å². The number of nitrogens with one attached hydrogen (secondary N) is 1. The molecule has 5 rings (SSSR count). The Hall–Kier alpha value is -3.32. The molecule has 6 nitrogen and oxygen atoms in total. The van der Waals surface area contributed by atoms with Crippen LogP contribution in [0.15, 0.2) is 36.4 Å². The van der Waals surface area contributed by atoms with Crippen LogP contribution in [0.2, 0.25) is 0 Å². The first kappa shape index (κ1) is 16.8. The molecule has 28 heavy (non-hydrogen) atoms. The number of carbonyl (C=O) groups is 1. The van der Waals surface area contributed by atoms with E-state index in [1.54, 1.807) is 18.2 Å². The predicted octanol–water partition coefficient (Wildman–Crippen LogP) is 4.63. The van der Waals surface area contributed by atoms with Crippen LogP contribution in [0.3, 0.4) is 0 Å². The lowest BCUT2D eigenvalue weighted by atomic mass is 10.1. The maximum atomic E-state index is 12.8. The standard InChI is InChI=1S/C21H17N3O3S/c1-10-5-11(2)18-12(6-10)7-14-17(22)19(28-21(14)24-18)20(25)23-13-3-4-15-16(8-13)27-9-26-15/h3-8H,9,22H2,1-2H3,(H,23,25). The van der Waals surface area contributed by atoms with Crippen molar-refractivity contribution in [2.45, 2.75) is 13.8 Å². The number of rotatable bonds is 2. The van der Waals surface area contributed by atoms with Gasteiger partial charge in [-0.2, -0.15) is 0 Å². The molecule has 0 unspecified atom stereocenters. The summed E-state index contributed by atoms with van der Waals surface area (Å²) < 4.78 is 10.7. The summed E-state index contributed by atoms with van der Waals surface area (Å²) >= 11 is 1.30. The molecule has 0 radical (unpaired) electrons. The summed E-state index contributed by atoms with van der Waals surface area (Å²) in [5.74, 6) is 1.01. The third kappa shape index (κ3) is 2.63. The molecular formula is C21H17N3O3S. The van der Waals surface area contributed by atoms with Gasteiger partial charge in [0.1, 0.15) is 9.71 Å². The highest BCUT2D eigenvalue weighted by Gasteiger charge is 2.20. The number of ether oxygens (including phenoxy) is 2. The van der Waals surface area contributed by atoms with E-state index in [0.29, 0.717) is 27.8 Å². The smallest absolute Gasteiger partial charge is 0.267 e. The zero-order valence-corrected chi connectivity index (χ0v) is 16.1. The minimum absolute atomic E-state index is 0.189. The second kappa shape index (κ2) is 6.10. The zero-order chi connectivity index (χ0) is 19.4. The molecule has 2 aromatic heterocycles. The number of aromatic nitrogens is 1. The maximum absolute atomic E-state index is 12.8. The summed E-state index contributed by atoms with van der Waals surface area (Å²) in [4.78, 5) is 18.8. The minimum atomic E-state index is -0.267. The fraction of sp³-hybridized carbons (Fsp3) is 0.143. The van der Waals surface area contributed by atoms with Gasteiger partial charge in [0.05, 0.1) is 11.2 Å². The van der Waals surface area contributed by atoms with Crippen molar-refractivity contribution in [3.63, 3.8) is 0 Å². The number of hydrogen-bond donors (Lipinski definition) is 2. The number of carbonyl (C=O) groups excluding carboxylic acids is 1. The third-order valence-corrected chi connectivity index (χ3v) is 5.90. The third-order valence-electron chi connectivity index (χ3n) is 4.79. The number of fused-ring (bicyclic) bond motifs is 3. The van der Waals surface area contributed by atoms with Gasteiger partial charge in [-0.15, -0.1) is 11.3 Å². The van der Waals surface area contributed by atoms with Crippen molar-refractivity contribution in [1.82, 2.24) is 4.98 Å². The van der Waals surface area contributed by atoms with E-state index in [9.17, 15) is 4.79 Å². The van der Waals surface area contributed by atoms with Crippen molar-refractivity contribution < 1.29 is 14.3 Å². The van der Waals surface area contributed by atoms with Gasteiger partial charge in [0, 0.05) is 22.5 Å². The maximum Gasteiger partial charge on any atom is 0.267 e. The van der Waals surface area contributed by atoms with Gasteiger partial charge < -0.3 is 20.5 Å². The minimum Gasteiger partial charge on any atom is -0.454 e. The van der Waals surface area contributed by atoms with E-state index in [2.05, 4.69) is 24.4 Å². The van der Waals surface area contributed by atoms with Gasteiger partial charge in [-0.25, -0.2) is 4.98 Å². The van der Waals surface area contributed by atoms with Crippen LogP contribution in [0.4, 0.5) is 11.4 Å². The molecule has 7 heteroatoms. The summed E-state index contributed by atoms with van der Waals surface area (Å²) in [5.41, 5.74) is 10.6. The lowest BCUT2D eigenvalue weighted by Crippen LogP contribution is -2.11. The Morgan fingerprint density at radius 3 is 2.82 bits per heavy atom. The average molecular weight is 391 g/mol. The van der Waals surface area contributed by atoms with Gasteiger partial charge in [0.15, 0.2) is 11.5 Å². The lowest BCUT2D eigenvalue weighted by molar-refractivity contribution is 0.103. The number of nitrogens with zero attached hydrogens (tertiary/aromatic N) is 1.